The number of nitrogens with zero attached hydrogens (tertiary/aromatic N) is 5. The third-order valence-corrected chi connectivity index (χ3v) is 4.94. The molecule has 136 valence electrons. The van der Waals surface area contributed by atoms with Gasteiger partial charge in [-0.25, -0.2) is 9.97 Å². The van der Waals surface area contributed by atoms with Crippen LogP contribution in [-0.4, -0.2) is 30.6 Å². The average Bonchev–Trinajstić information content (AvgIpc) is 3.38. The number of hydrogen-bond donors (Lipinski definition) is 1. The quantitative estimate of drug-likeness (QED) is 0.570. The molecule has 0 atom stereocenters. The van der Waals surface area contributed by atoms with Crippen LogP contribution in [0.2, 0.25) is 0 Å². The van der Waals surface area contributed by atoms with E-state index in [1.165, 1.54) is 11.3 Å². The van der Waals surface area contributed by atoms with Crippen molar-refractivity contribution in [1.29, 1.82) is 0 Å². The van der Waals surface area contributed by atoms with E-state index in [2.05, 4.69) is 25.5 Å². The van der Waals surface area contributed by atoms with Crippen molar-refractivity contribution in [3.05, 3.63) is 64.8 Å². The highest BCUT2D eigenvalue weighted by Gasteiger charge is 2.16. The van der Waals surface area contributed by atoms with E-state index in [1.807, 2.05) is 36.7 Å². The Morgan fingerprint density at radius 2 is 2.04 bits per heavy atom. The molecule has 0 spiro atoms. The first-order chi connectivity index (χ1) is 13.1. The number of hydrogen-bond acceptors (Lipinski definition) is 7. The molecule has 1 aromatic carbocycles. The topological polar surface area (TPSA) is 98.7 Å². The number of imidazole rings is 1. The minimum Gasteiger partial charge on any atom is -0.402 e. The molecule has 4 rings (SSSR count). The minimum absolute atomic E-state index is 0.0583. The molecule has 27 heavy (non-hydrogen) atoms. The summed E-state index contributed by atoms with van der Waals surface area (Å²) in [7, 11) is 0. The zero-order valence-electron chi connectivity index (χ0n) is 14.7. The summed E-state index contributed by atoms with van der Waals surface area (Å²) >= 11 is 1.47. The lowest BCUT2D eigenvalue weighted by molar-refractivity contribution is 0.102. The Kier molecular flexibility index (Phi) is 4.51. The van der Waals surface area contributed by atoms with Crippen molar-refractivity contribution < 1.29 is 9.21 Å². The second-order valence-electron chi connectivity index (χ2n) is 5.95. The third-order valence-electron chi connectivity index (χ3n) is 3.88. The first kappa shape index (κ1) is 17.1. The number of aromatic nitrogens is 5. The molecule has 0 bridgehead atoms. The zero-order valence-corrected chi connectivity index (χ0v) is 15.5. The maximum absolute atomic E-state index is 12.4. The van der Waals surface area contributed by atoms with E-state index in [0.29, 0.717) is 18.0 Å². The number of amides is 1. The summed E-state index contributed by atoms with van der Waals surface area (Å²) in [4.78, 5) is 21.6. The lowest BCUT2D eigenvalue weighted by Crippen LogP contribution is -2.12. The predicted molar refractivity (Wildman–Crippen MR) is 101 cm³/mol. The highest BCUT2D eigenvalue weighted by Crippen LogP contribution is 2.29. The Hall–Kier alpha value is -3.33. The van der Waals surface area contributed by atoms with Gasteiger partial charge in [0.15, 0.2) is 0 Å². The van der Waals surface area contributed by atoms with Crippen molar-refractivity contribution in [3.8, 4) is 10.8 Å². The molecule has 3 aromatic heterocycles. The maximum Gasteiger partial charge on any atom is 0.322 e. The maximum atomic E-state index is 12.4. The molecule has 0 aliphatic rings. The van der Waals surface area contributed by atoms with Crippen LogP contribution in [0.25, 0.3) is 10.8 Å². The van der Waals surface area contributed by atoms with Gasteiger partial charge in [-0.15, -0.1) is 16.4 Å². The standard InChI is InChI=1S/C18H16N6O2S/c1-11-15(27-12(2)20-11)17-22-23-18(26-17)21-16(25)14-5-3-13(4-6-14)9-24-8-7-19-10-24/h3-8,10H,9H2,1-2H3,(H,21,23,25). The van der Waals surface area contributed by atoms with E-state index in [4.69, 9.17) is 4.42 Å². The van der Waals surface area contributed by atoms with Gasteiger partial charge in [0.05, 0.1) is 17.0 Å². The van der Waals surface area contributed by atoms with Crippen LogP contribution in [0.4, 0.5) is 6.01 Å². The summed E-state index contributed by atoms with van der Waals surface area (Å²) in [5.41, 5.74) is 2.40. The monoisotopic (exact) mass is 380 g/mol. The van der Waals surface area contributed by atoms with E-state index in [0.717, 1.165) is 21.1 Å². The number of rotatable bonds is 5. The Balaban J connectivity index is 1.44. The molecule has 0 fully saturated rings. The van der Waals surface area contributed by atoms with Gasteiger partial charge in [0, 0.05) is 24.5 Å². The van der Waals surface area contributed by atoms with Crippen molar-refractivity contribution in [2.24, 2.45) is 0 Å². The molecule has 9 heteroatoms. The molecule has 1 N–H and O–H groups in total. The third kappa shape index (κ3) is 3.77. The summed E-state index contributed by atoms with van der Waals surface area (Å²) < 4.78 is 7.51. The Labute approximate surface area is 158 Å². The van der Waals surface area contributed by atoms with Crippen molar-refractivity contribution >= 4 is 23.3 Å². The van der Waals surface area contributed by atoms with E-state index in [-0.39, 0.29) is 11.9 Å². The summed E-state index contributed by atoms with van der Waals surface area (Å²) in [6.45, 7) is 4.49. The second kappa shape index (κ2) is 7.12. The largest absolute Gasteiger partial charge is 0.402 e. The average molecular weight is 380 g/mol. The van der Waals surface area contributed by atoms with Gasteiger partial charge in [-0.2, -0.15) is 0 Å². The lowest BCUT2D eigenvalue weighted by atomic mass is 10.1. The number of benzene rings is 1. The number of aryl methyl sites for hydroxylation is 2. The predicted octanol–water partition coefficient (Wildman–Crippen LogP) is 3.31. The zero-order chi connectivity index (χ0) is 18.8. The van der Waals surface area contributed by atoms with Gasteiger partial charge in [0.25, 0.3) is 11.8 Å². The van der Waals surface area contributed by atoms with Gasteiger partial charge in [0.2, 0.25) is 0 Å². The molecule has 0 aliphatic heterocycles. The number of anilines is 1. The van der Waals surface area contributed by atoms with Gasteiger partial charge in [-0.05, 0) is 31.5 Å². The smallest absolute Gasteiger partial charge is 0.322 e. The lowest BCUT2D eigenvalue weighted by Gasteiger charge is -2.04. The van der Waals surface area contributed by atoms with Crippen LogP contribution in [0.3, 0.4) is 0 Å². The van der Waals surface area contributed by atoms with Crippen LogP contribution in [0.15, 0.2) is 47.4 Å². The van der Waals surface area contributed by atoms with Crippen LogP contribution in [0.1, 0.15) is 26.6 Å². The van der Waals surface area contributed by atoms with Gasteiger partial charge in [-0.3, -0.25) is 10.1 Å². The number of nitrogens with one attached hydrogen (secondary N) is 1. The molecule has 0 aliphatic carbocycles. The van der Waals surface area contributed by atoms with Gasteiger partial charge in [0.1, 0.15) is 4.88 Å². The van der Waals surface area contributed by atoms with Gasteiger partial charge in [-0.1, -0.05) is 17.2 Å². The van der Waals surface area contributed by atoms with Crippen LogP contribution in [0, 0.1) is 13.8 Å². The van der Waals surface area contributed by atoms with Crippen molar-refractivity contribution in [3.63, 3.8) is 0 Å². The molecule has 1 amide bonds. The van der Waals surface area contributed by atoms with E-state index < -0.39 is 0 Å². The highest BCUT2D eigenvalue weighted by atomic mass is 32.1. The Morgan fingerprint density at radius 1 is 1.22 bits per heavy atom. The van der Waals surface area contributed by atoms with Crippen LogP contribution in [0.5, 0.6) is 0 Å². The fraction of sp³-hybridized carbons (Fsp3) is 0.167. The molecule has 0 saturated carbocycles. The molecule has 0 radical (unpaired) electrons. The molecule has 3 heterocycles. The molecule has 8 nitrogen and oxygen atoms in total. The fourth-order valence-corrected chi connectivity index (χ4v) is 3.46. The molecule has 0 unspecified atom stereocenters. The van der Waals surface area contributed by atoms with Crippen LogP contribution in [-0.2, 0) is 6.54 Å². The molecular weight excluding hydrogens is 364 g/mol. The van der Waals surface area contributed by atoms with Crippen molar-refractivity contribution in [2.75, 3.05) is 5.32 Å². The van der Waals surface area contributed by atoms with Gasteiger partial charge < -0.3 is 8.98 Å². The van der Waals surface area contributed by atoms with Gasteiger partial charge >= 0.3 is 6.01 Å². The van der Waals surface area contributed by atoms with Crippen molar-refractivity contribution in [2.45, 2.75) is 20.4 Å². The highest BCUT2D eigenvalue weighted by molar-refractivity contribution is 7.15. The molecule has 4 aromatic rings. The summed E-state index contributed by atoms with van der Waals surface area (Å²) in [6.07, 6.45) is 5.37. The molecular formula is C18H16N6O2S. The molecule has 0 saturated heterocycles. The fourth-order valence-electron chi connectivity index (χ4n) is 2.62. The normalized spacial score (nSPS) is 10.9. The SMILES string of the molecule is Cc1nc(C)c(-c2nnc(NC(=O)c3ccc(Cn4ccnc4)cc3)o2)s1. The van der Waals surface area contributed by atoms with E-state index in [1.54, 1.807) is 24.7 Å². The summed E-state index contributed by atoms with van der Waals surface area (Å²) in [5.74, 6) is 0.0423. The Bertz CT molecular complexity index is 1070. The summed E-state index contributed by atoms with van der Waals surface area (Å²) in [5, 5.41) is 11.4. The van der Waals surface area contributed by atoms with Crippen LogP contribution >= 0.6 is 11.3 Å². The first-order valence-corrected chi connectivity index (χ1v) is 9.04. The number of carbonyl (C=O) groups excluding carboxylic acids is 1. The summed E-state index contributed by atoms with van der Waals surface area (Å²) in [6, 6.07) is 7.38. The minimum atomic E-state index is -0.309. The first-order valence-electron chi connectivity index (χ1n) is 8.22. The van der Waals surface area contributed by atoms with Crippen molar-refractivity contribution in [1.82, 2.24) is 24.7 Å². The van der Waals surface area contributed by atoms with E-state index in [9.17, 15) is 4.79 Å². The number of thiazole rings is 1. The van der Waals surface area contributed by atoms with E-state index >= 15 is 0 Å². The second-order valence-corrected chi connectivity index (χ2v) is 7.15. The van der Waals surface area contributed by atoms with Crippen LogP contribution < -0.4 is 5.32 Å². The Morgan fingerprint density at radius 3 is 2.70 bits per heavy atom. The number of carbonyl (C=O) groups is 1.